The van der Waals surface area contributed by atoms with Crippen molar-refractivity contribution in [3.8, 4) is 17.2 Å². The second-order valence-electron chi connectivity index (χ2n) is 4.33. The van der Waals surface area contributed by atoms with Crippen LogP contribution in [0.3, 0.4) is 0 Å². The lowest BCUT2D eigenvalue weighted by Gasteiger charge is -2.13. The van der Waals surface area contributed by atoms with Crippen LogP contribution in [0.4, 0.5) is 14.5 Å². The number of anilines is 1. The van der Waals surface area contributed by atoms with E-state index in [-0.39, 0.29) is 5.75 Å². The van der Waals surface area contributed by atoms with Gasteiger partial charge < -0.3 is 19.5 Å². The molecule has 2 aromatic rings. The third-order valence-electron chi connectivity index (χ3n) is 2.85. The molecule has 0 aliphatic carbocycles. The number of halogens is 2. The molecule has 0 aliphatic heterocycles. The molecule has 0 radical (unpaired) electrons. The Morgan fingerprint density at radius 1 is 1.00 bits per heavy atom. The van der Waals surface area contributed by atoms with Crippen molar-refractivity contribution in [2.24, 2.45) is 0 Å². The van der Waals surface area contributed by atoms with Gasteiger partial charge in [-0.3, -0.25) is 0 Å². The van der Waals surface area contributed by atoms with Gasteiger partial charge in [0.05, 0.1) is 12.8 Å². The number of para-hydroxylation sites is 2. The van der Waals surface area contributed by atoms with E-state index in [0.717, 1.165) is 5.75 Å². The highest BCUT2D eigenvalue weighted by Gasteiger charge is 2.08. The molecule has 0 atom stereocenters. The van der Waals surface area contributed by atoms with E-state index in [9.17, 15) is 8.78 Å². The number of alkyl halides is 2. The van der Waals surface area contributed by atoms with Crippen LogP contribution in [0.2, 0.25) is 0 Å². The van der Waals surface area contributed by atoms with Gasteiger partial charge in [0.15, 0.2) is 0 Å². The molecule has 6 heteroatoms. The van der Waals surface area contributed by atoms with E-state index in [1.54, 1.807) is 49.6 Å². The van der Waals surface area contributed by atoms with E-state index in [1.165, 1.54) is 6.07 Å². The highest BCUT2D eigenvalue weighted by molar-refractivity contribution is 5.56. The van der Waals surface area contributed by atoms with E-state index in [0.29, 0.717) is 24.6 Å². The minimum absolute atomic E-state index is 0.113. The predicted molar refractivity (Wildman–Crippen MR) is 80.1 cm³/mol. The maximum atomic E-state index is 12.3. The highest BCUT2D eigenvalue weighted by atomic mass is 19.3. The van der Waals surface area contributed by atoms with Crippen molar-refractivity contribution >= 4 is 5.69 Å². The number of rotatable bonds is 8. The summed E-state index contributed by atoms with van der Waals surface area (Å²) in [5.74, 6) is 1.57. The van der Waals surface area contributed by atoms with Gasteiger partial charge in [-0.1, -0.05) is 12.1 Å². The minimum Gasteiger partial charge on any atom is -0.497 e. The molecule has 0 amide bonds. The van der Waals surface area contributed by atoms with E-state index < -0.39 is 6.61 Å². The second-order valence-corrected chi connectivity index (χ2v) is 4.33. The summed E-state index contributed by atoms with van der Waals surface area (Å²) in [5.41, 5.74) is 0.501. The molecule has 0 aliphatic rings. The van der Waals surface area contributed by atoms with Crippen molar-refractivity contribution in [3.63, 3.8) is 0 Å². The van der Waals surface area contributed by atoms with Gasteiger partial charge in [0.25, 0.3) is 0 Å². The maximum absolute atomic E-state index is 12.3. The Bertz CT molecular complexity index is 576. The molecular weight excluding hydrogens is 292 g/mol. The van der Waals surface area contributed by atoms with Crippen LogP contribution in [-0.2, 0) is 0 Å². The smallest absolute Gasteiger partial charge is 0.387 e. The number of benzene rings is 2. The first-order chi connectivity index (χ1) is 10.7. The molecule has 118 valence electrons. The van der Waals surface area contributed by atoms with Crippen LogP contribution in [0, 0.1) is 0 Å². The zero-order valence-electron chi connectivity index (χ0n) is 12.1. The van der Waals surface area contributed by atoms with Crippen molar-refractivity contribution in [1.82, 2.24) is 0 Å². The molecule has 2 rings (SSSR count). The number of hydrogen-bond donors (Lipinski definition) is 1. The lowest BCUT2D eigenvalue weighted by atomic mass is 10.3. The first kappa shape index (κ1) is 15.9. The van der Waals surface area contributed by atoms with E-state index in [2.05, 4.69) is 10.1 Å². The largest absolute Gasteiger partial charge is 0.497 e. The Morgan fingerprint density at radius 3 is 2.36 bits per heavy atom. The molecule has 0 bridgehead atoms. The Morgan fingerprint density at radius 2 is 1.68 bits per heavy atom. The van der Waals surface area contributed by atoms with Gasteiger partial charge >= 0.3 is 6.61 Å². The fourth-order valence-corrected chi connectivity index (χ4v) is 1.84. The first-order valence-corrected chi connectivity index (χ1v) is 6.73. The number of nitrogens with one attached hydrogen (secondary N) is 1. The highest BCUT2D eigenvalue weighted by Crippen LogP contribution is 2.25. The molecule has 0 spiro atoms. The van der Waals surface area contributed by atoms with Gasteiger partial charge in [-0.2, -0.15) is 8.78 Å². The topological polar surface area (TPSA) is 39.7 Å². The fourth-order valence-electron chi connectivity index (χ4n) is 1.84. The van der Waals surface area contributed by atoms with Crippen LogP contribution < -0.4 is 19.5 Å². The van der Waals surface area contributed by atoms with Crippen LogP contribution in [0.15, 0.2) is 48.5 Å². The van der Waals surface area contributed by atoms with Gasteiger partial charge in [0, 0.05) is 6.54 Å². The Hall–Kier alpha value is -2.50. The molecule has 0 fully saturated rings. The molecule has 4 nitrogen and oxygen atoms in total. The zero-order chi connectivity index (χ0) is 15.8. The van der Waals surface area contributed by atoms with Gasteiger partial charge in [-0.15, -0.1) is 0 Å². The van der Waals surface area contributed by atoms with Crippen LogP contribution in [-0.4, -0.2) is 26.9 Å². The lowest BCUT2D eigenvalue weighted by molar-refractivity contribution is -0.0493. The number of methoxy groups -OCH3 is 1. The molecular formula is C16H17F2NO3. The van der Waals surface area contributed by atoms with Crippen molar-refractivity contribution in [1.29, 1.82) is 0 Å². The maximum Gasteiger partial charge on any atom is 0.387 e. The summed E-state index contributed by atoms with van der Waals surface area (Å²) in [6, 6.07) is 13.7. The minimum atomic E-state index is -2.85. The summed E-state index contributed by atoms with van der Waals surface area (Å²) < 4.78 is 39.6. The summed E-state index contributed by atoms with van der Waals surface area (Å²) in [5, 5.41) is 3.00. The predicted octanol–water partition coefficient (Wildman–Crippen LogP) is 3.79. The van der Waals surface area contributed by atoms with Gasteiger partial charge in [0.2, 0.25) is 0 Å². The molecule has 1 N–H and O–H groups in total. The van der Waals surface area contributed by atoms with Crippen molar-refractivity contribution in [2.45, 2.75) is 6.61 Å². The van der Waals surface area contributed by atoms with Crippen LogP contribution in [0.25, 0.3) is 0 Å². The molecule has 22 heavy (non-hydrogen) atoms. The monoisotopic (exact) mass is 309 g/mol. The Kier molecular flexibility index (Phi) is 5.82. The SMILES string of the molecule is COc1ccc(OCCNc2ccccc2OC(F)F)cc1. The van der Waals surface area contributed by atoms with E-state index >= 15 is 0 Å². The molecule has 2 aromatic carbocycles. The normalized spacial score (nSPS) is 10.4. The van der Waals surface area contributed by atoms with Crippen molar-refractivity contribution < 1.29 is 23.0 Å². The Balaban J connectivity index is 1.81. The molecule has 0 saturated heterocycles. The van der Waals surface area contributed by atoms with Crippen molar-refractivity contribution in [3.05, 3.63) is 48.5 Å². The van der Waals surface area contributed by atoms with E-state index in [1.807, 2.05) is 0 Å². The van der Waals surface area contributed by atoms with E-state index in [4.69, 9.17) is 9.47 Å². The molecule has 0 unspecified atom stereocenters. The summed E-state index contributed by atoms with van der Waals surface area (Å²) in [6.45, 7) is -2.01. The first-order valence-electron chi connectivity index (χ1n) is 6.73. The Labute approximate surface area is 127 Å². The van der Waals surface area contributed by atoms with Crippen LogP contribution in [0.5, 0.6) is 17.2 Å². The van der Waals surface area contributed by atoms with Crippen LogP contribution >= 0.6 is 0 Å². The molecule has 0 saturated carbocycles. The summed E-state index contributed by atoms with van der Waals surface area (Å²) in [4.78, 5) is 0. The summed E-state index contributed by atoms with van der Waals surface area (Å²) >= 11 is 0. The third-order valence-corrected chi connectivity index (χ3v) is 2.85. The average Bonchev–Trinajstić information content (AvgIpc) is 2.53. The fraction of sp³-hybridized carbons (Fsp3) is 0.250. The number of ether oxygens (including phenoxy) is 3. The quantitative estimate of drug-likeness (QED) is 0.753. The lowest BCUT2D eigenvalue weighted by Crippen LogP contribution is -2.13. The second kappa shape index (κ2) is 8.07. The van der Waals surface area contributed by atoms with Crippen molar-refractivity contribution in [2.75, 3.05) is 25.6 Å². The standard InChI is InChI=1S/C16H17F2NO3/c1-20-12-6-8-13(9-7-12)21-11-10-19-14-4-2-3-5-15(14)22-16(17)18/h2-9,16,19H,10-11H2,1H3. The molecule has 0 heterocycles. The third kappa shape index (κ3) is 4.80. The van der Waals surface area contributed by atoms with Gasteiger partial charge in [-0.05, 0) is 36.4 Å². The summed E-state index contributed by atoms with van der Waals surface area (Å²) in [7, 11) is 1.60. The summed E-state index contributed by atoms with van der Waals surface area (Å²) in [6.07, 6.45) is 0. The number of hydrogen-bond acceptors (Lipinski definition) is 4. The van der Waals surface area contributed by atoms with Gasteiger partial charge in [0.1, 0.15) is 23.9 Å². The molecule has 0 aromatic heterocycles. The average molecular weight is 309 g/mol. The van der Waals surface area contributed by atoms with Crippen LogP contribution in [0.1, 0.15) is 0 Å². The zero-order valence-corrected chi connectivity index (χ0v) is 12.1. The van der Waals surface area contributed by atoms with Gasteiger partial charge in [-0.25, -0.2) is 0 Å².